The van der Waals surface area contributed by atoms with Crippen LogP contribution in [0.4, 0.5) is 5.69 Å². The minimum Gasteiger partial charge on any atom is -0.497 e. The predicted molar refractivity (Wildman–Crippen MR) is 133 cm³/mol. The minimum absolute atomic E-state index is 0.0990. The lowest BCUT2D eigenvalue weighted by molar-refractivity contribution is -0.113. The molecule has 0 aliphatic rings. The summed E-state index contributed by atoms with van der Waals surface area (Å²) >= 11 is 2.60. The highest BCUT2D eigenvalue weighted by molar-refractivity contribution is 7.99. The number of anilines is 1. The van der Waals surface area contributed by atoms with Crippen LogP contribution in [-0.4, -0.2) is 35.4 Å². The van der Waals surface area contributed by atoms with Gasteiger partial charge in [0.2, 0.25) is 5.91 Å². The van der Waals surface area contributed by atoms with E-state index in [1.54, 1.807) is 18.8 Å². The Labute approximate surface area is 199 Å². The van der Waals surface area contributed by atoms with Crippen LogP contribution < -0.4 is 20.3 Å². The van der Waals surface area contributed by atoms with Crippen LogP contribution in [0.5, 0.6) is 11.5 Å². The molecule has 0 fully saturated rings. The number of rotatable bonds is 8. The summed E-state index contributed by atoms with van der Waals surface area (Å²) in [4.78, 5) is 30.5. The molecule has 33 heavy (non-hydrogen) atoms. The average Bonchev–Trinajstić information content (AvgIpc) is 3.29. The van der Waals surface area contributed by atoms with Crippen LogP contribution in [0.2, 0.25) is 0 Å². The molecule has 2 heterocycles. The van der Waals surface area contributed by atoms with Crippen molar-refractivity contribution in [2.75, 3.05) is 25.3 Å². The fourth-order valence-electron chi connectivity index (χ4n) is 3.32. The Kier molecular flexibility index (Phi) is 7.00. The van der Waals surface area contributed by atoms with Crippen LogP contribution in [0.3, 0.4) is 0 Å². The summed E-state index contributed by atoms with van der Waals surface area (Å²) in [5.41, 5.74) is 3.08. The number of fused-ring (bicyclic) bond motifs is 1. The molecule has 2 aromatic carbocycles. The predicted octanol–water partition coefficient (Wildman–Crippen LogP) is 4.56. The number of thioether (sulfide) groups is 1. The Morgan fingerprint density at radius 3 is 2.64 bits per heavy atom. The van der Waals surface area contributed by atoms with E-state index in [1.807, 2.05) is 60.8 Å². The SMILES string of the molecule is COc1ccc(Cn2c(SCC(=O)Nc3cc(C)ccc3OC)nc3ccsc3c2=O)cc1. The van der Waals surface area contributed by atoms with Gasteiger partial charge in [-0.05, 0) is 53.8 Å². The van der Waals surface area contributed by atoms with Crippen LogP contribution in [0.15, 0.2) is 63.9 Å². The largest absolute Gasteiger partial charge is 0.497 e. The molecule has 0 saturated carbocycles. The first-order valence-corrected chi connectivity index (χ1v) is 12.0. The summed E-state index contributed by atoms with van der Waals surface area (Å²) in [6.45, 7) is 2.29. The molecule has 1 N–H and O–H groups in total. The first-order valence-electron chi connectivity index (χ1n) is 10.2. The number of benzene rings is 2. The van der Waals surface area contributed by atoms with Crippen LogP contribution in [-0.2, 0) is 11.3 Å². The van der Waals surface area contributed by atoms with E-state index < -0.39 is 0 Å². The number of ether oxygens (including phenoxy) is 2. The van der Waals surface area contributed by atoms with E-state index in [2.05, 4.69) is 10.3 Å². The molecule has 0 bridgehead atoms. The molecule has 0 aliphatic heterocycles. The van der Waals surface area contributed by atoms with Gasteiger partial charge < -0.3 is 14.8 Å². The van der Waals surface area contributed by atoms with E-state index in [0.717, 1.165) is 16.9 Å². The smallest absolute Gasteiger partial charge is 0.272 e. The van der Waals surface area contributed by atoms with E-state index in [1.165, 1.54) is 23.1 Å². The van der Waals surface area contributed by atoms with Crippen molar-refractivity contribution >= 4 is 44.9 Å². The monoisotopic (exact) mass is 481 g/mol. The Hall–Kier alpha value is -3.30. The number of hydrogen-bond acceptors (Lipinski definition) is 7. The number of carbonyl (C=O) groups excluding carboxylic acids is 1. The molecule has 2 aromatic heterocycles. The van der Waals surface area contributed by atoms with Crippen LogP contribution >= 0.6 is 23.1 Å². The van der Waals surface area contributed by atoms with Gasteiger partial charge in [-0.3, -0.25) is 14.2 Å². The summed E-state index contributed by atoms with van der Waals surface area (Å²) in [6, 6.07) is 14.9. The first-order chi connectivity index (χ1) is 16.0. The summed E-state index contributed by atoms with van der Waals surface area (Å²) in [7, 11) is 3.17. The van der Waals surface area contributed by atoms with Crippen LogP contribution in [0.25, 0.3) is 10.2 Å². The minimum atomic E-state index is -0.209. The highest BCUT2D eigenvalue weighted by atomic mass is 32.2. The number of hydrogen-bond donors (Lipinski definition) is 1. The molecule has 0 unspecified atom stereocenters. The van der Waals surface area contributed by atoms with Crippen LogP contribution in [0, 0.1) is 6.92 Å². The lowest BCUT2D eigenvalue weighted by atomic mass is 10.2. The molecule has 9 heteroatoms. The molecular formula is C24H23N3O4S2. The maximum atomic E-state index is 13.2. The number of nitrogens with zero attached hydrogens (tertiary/aromatic N) is 2. The molecule has 0 radical (unpaired) electrons. The van der Waals surface area contributed by atoms with Gasteiger partial charge in [-0.2, -0.15) is 0 Å². The van der Waals surface area contributed by atoms with Crippen molar-refractivity contribution in [3.63, 3.8) is 0 Å². The first kappa shape index (κ1) is 22.9. The molecule has 7 nitrogen and oxygen atoms in total. The average molecular weight is 482 g/mol. The summed E-state index contributed by atoms with van der Waals surface area (Å²) in [5.74, 6) is 1.23. The third-order valence-electron chi connectivity index (χ3n) is 4.99. The standard InChI is InChI=1S/C24H23N3O4S2/c1-15-4-9-20(31-3)19(12-15)25-21(28)14-33-24-26-18-10-11-32-22(18)23(29)27(24)13-16-5-7-17(30-2)8-6-16/h4-12H,13-14H2,1-3H3,(H,25,28). The van der Waals surface area contributed by atoms with Gasteiger partial charge in [0.05, 0.1) is 37.7 Å². The third kappa shape index (κ3) is 5.20. The Bertz CT molecular complexity index is 1350. The lowest BCUT2D eigenvalue weighted by Crippen LogP contribution is -2.24. The Morgan fingerprint density at radius 1 is 1.12 bits per heavy atom. The molecule has 4 rings (SSSR count). The Morgan fingerprint density at radius 2 is 1.91 bits per heavy atom. The molecule has 1 amide bonds. The van der Waals surface area contributed by atoms with Crippen LogP contribution in [0.1, 0.15) is 11.1 Å². The second-order valence-electron chi connectivity index (χ2n) is 7.31. The number of amides is 1. The number of aryl methyl sites for hydroxylation is 1. The van der Waals surface area contributed by atoms with Gasteiger partial charge in [0.25, 0.3) is 5.56 Å². The van der Waals surface area contributed by atoms with Gasteiger partial charge in [-0.1, -0.05) is 30.0 Å². The molecule has 0 saturated heterocycles. The highest BCUT2D eigenvalue weighted by Crippen LogP contribution is 2.26. The van der Waals surface area contributed by atoms with E-state index in [9.17, 15) is 9.59 Å². The van der Waals surface area contributed by atoms with Crippen molar-refractivity contribution in [3.8, 4) is 11.5 Å². The zero-order valence-corrected chi connectivity index (χ0v) is 20.1. The molecule has 0 aliphatic carbocycles. The normalized spacial score (nSPS) is 10.9. The second-order valence-corrected chi connectivity index (χ2v) is 9.17. The Balaban J connectivity index is 1.57. The van der Waals surface area contributed by atoms with E-state index >= 15 is 0 Å². The van der Waals surface area contributed by atoms with E-state index in [4.69, 9.17) is 9.47 Å². The maximum Gasteiger partial charge on any atom is 0.272 e. The summed E-state index contributed by atoms with van der Waals surface area (Å²) in [5, 5.41) is 5.23. The summed E-state index contributed by atoms with van der Waals surface area (Å²) < 4.78 is 12.8. The van der Waals surface area contributed by atoms with Crippen molar-refractivity contribution in [1.29, 1.82) is 0 Å². The van der Waals surface area contributed by atoms with Gasteiger partial charge in [-0.15, -0.1) is 11.3 Å². The van der Waals surface area contributed by atoms with Gasteiger partial charge in [0.15, 0.2) is 5.16 Å². The van der Waals surface area contributed by atoms with Crippen molar-refractivity contribution in [1.82, 2.24) is 9.55 Å². The van der Waals surface area contributed by atoms with Crippen molar-refractivity contribution in [2.24, 2.45) is 0 Å². The molecule has 4 aromatic rings. The zero-order valence-electron chi connectivity index (χ0n) is 18.5. The maximum absolute atomic E-state index is 13.2. The second kappa shape index (κ2) is 10.1. The number of carbonyl (C=O) groups is 1. The van der Waals surface area contributed by atoms with Gasteiger partial charge in [-0.25, -0.2) is 4.98 Å². The fraction of sp³-hybridized carbons (Fsp3) is 0.208. The number of thiophene rings is 1. The number of nitrogens with one attached hydrogen (secondary N) is 1. The van der Waals surface area contributed by atoms with Crippen molar-refractivity contribution in [2.45, 2.75) is 18.6 Å². The topological polar surface area (TPSA) is 82.4 Å². The molecule has 0 atom stereocenters. The zero-order chi connectivity index (χ0) is 23.4. The number of methoxy groups -OCH3 is 2. The quantitative estimate of drug-likeness (QED) is 0.293. The highest BCUT2D eigenvalue weighted by Gasteiger charge is 2.16. The van der Waals surface area contributed by atoms with E-state index in [0.29, 0.717) is 33.4 Å². The van der Waals surface area contributed by atoms with Gasteiger partial charge in [0.1, 0.15) is 16.2 Å². The number of aromatic nitrogens is 2. The third-order valence-corrected chi connectivity index (χ3v) is 6.86. The van der Waals surface area contributed by atoms with Gasteiger partial charge >= 0.3 is 0 Å². The lowest BCUT2D eigenvalue weighted by Gasteiger charge is -2.13. The molecule has 0 spiro atoms. The van der Waals surface area contributed by atoms with Crippen molar-refractivity contribution in [3.05, 3.63) is 75.4 Å². The fourth-order valence-corrected chi connectivity index (χ4v) is 4.90. The van der Waals surface area contributed by atoms with Gasteiger partial charge in [0, 0.05) is 0 Å². The summed E-state index contributed by atoms with van der Waals surface area (Å²) in [6.07, 6.45) is 0. The molecule has 170 valence electrons. The molecular weight excluding hydrogens is 458 g/mol. The van der Waals surface area contributed by atoms with E-state index in [-0.39, 0.29) is 17.2 Å². The van der Waals surface area contributed by atoms with Crippen molar-refractivity contribution < 1.29 is 14.3 Å².